The minimum absolute atomic E-state index is 0.00435. The number of hydrogen-bond donors (Lipinski definition) is 2. The van der Waals surface area contributed by atoms with Gasteiger partial charge in [0.1, 0.15) is 0 Å². The zero-order valence-corrected chi connectivity index (χ0v) is 14.1. The van der Waals surface area contributed by atoms with E-state index in [0.717, 1.165) is 45.5 Å². The molecule has 0 radical (unpaired) electrons. The summed E-state index contributed by atoms with van der Waals surface area (Å²) < 4.78 is 6.08. The SMILES string of the molecule is O=C(N[C@@H]1C[C@H]2CO[C@@H](c3ccccc3)CN2C1)[C@@H]1CCCCN1. The van der Waals surface area contributed by atoms with Gasteiger partial charge in [-0.3, -0.25) is 9.69 Å². The molecule has 5 nitrogen and oxygen atoms in total. The molecule has 0 aromatic heterocycles. The lowest BCUT2D eigenvalue weighted by molar-refractivity contribution is -0.124. The van der Waals surface area contributed by atoms with Crippen LogP contribution < -0.4 is 10.6 Å². The van der Waals surface area contributed by atoms with Crippen LogP contribution in [0.1, 0.15) is 37.4 Å². The van der Waals surface area contributed by atoms with Gasteiger partial charge in [0, 0.05) is 25.2 Å². The Morgan fingerprint density at radius 3 is 2.88 bits per heavy atom. The average molecular weight is 329 g/mol. The summed E-state index contributed by atoms with van der Waals surface area (Å²) in [7, 11) is 0. The Morgan fingerprint density at radius 1 is 1.21 bits per heavy atom. The van der Waals surface area contributed by atoms with Gasteiger partial charge in [0.25, 0.3) is 0 Å². The number of benzene rings is 1. The Kier molecular flexibility index (Phi) is 4.83. The van der Waals surface area contributed by atoms with Crippen molar-refractivity contribution < 1.29 is 9.53 Å². The van der Waals surface area contributed by atoms with Crippen molar-refractivity contribution in [3.05, 3.63) is 35.9 Å². The van der Waals surface area contributed by atoms with Crippen molar-refractivity contribution >= 4 is 5.91 Å². The van der Waals surface area contributed by atoms with Crippen molar-refractivity contribution in [1.82, 2.24) is 15.5 Å². The lowest BCUT2D eigenvalue weighted by atomic mass is 10.0. The van der Waals surface area contributed by atoms with E-state index in [2.05, 4.69) is 39.8 Å². The topological polar surface area (TPSA) is 53.6 Å². The van der Waals surface area contributed by atoms with Crippen LogP contribution in [0.4, 0.5) is 0 Å². The van der Waals surface area contributed by atoms with Gasteiger partial charge in [0.15, 0.2) is 0 Å². The molecule has 3 aliphatic rings. The molecular weight excluding hydrogens is 302 g/mol. The van der Waals surface area contributed by atoms with Gasteiger partial charge in [0.2, 0.25) is 5.91 Å². The Labute approximate surface area is 143 Å². The second kappa shape index (κ2) is 7.21. The number of ether oxygens (including phenoxy) is 1. The second-order valence-corrected chi connectivity index (χ2v) is 7.28. The third-order valence-electron chi connectivity index (χ3n) is 5.56. The van der Waals surface area contributed by atoms with Crippen LogP contribution in [0.25, 0.3) is 0 Å². The molecule has 0 spiro atoms. The number of amides is 1. The maximum atomic E-state index is 12.4. The van der Waals surface area contributed by atoms with Crippen molar-refractivity contribution in [1.29, 1.82) is 0 Å². The average Bonchev–Trinajstić information content (AvgIpc) is 3.04. The third kappa shape index (κ3) is 3.48. The molecule has 2 N–H and O–H groups in total. The van der Waals surface area contributed by atoms with Crippen LogP contribution in [0, 0.1) is 0 Å². The molecule has 0 saturated carbocycles. The molecule has 1 aromatic rings. The smallest absolute Gasteiger partial charge is 0.237 e. The van der Waals surface area contributed by atoms with Gasteiger partial charge in [0.05, 0.1) is 18.8 Å². The Bertz CT molecular complexity index is 559. The summed E-state index contributed by atoms with van der Waals surface area (Å²) in [6, 6.07) is 11.1. The minimum Gasteiger partial charge on any atom is -0.371 e. The molecule has 1 aromatic carbocycles. The first-order valence-electron chi connectivity index (χ1n) is 9.24. The van der Waals surface area contributed by atoms with Crippen LogP contribution >= 0.6 is 0 Å². The van der Waals surface area contributed by atoms with Crippen LogP contribution in [0.15, 0.2) is 30.3 Å². The molecule has 0 bridgehead atoms. The van der Waals surface area contributed by atoms with Gasteiger partial charge in [-0.2, -0.15) is 0 Å². The number of nitrogens with zero attached hydrogens (tertiary/aromatic N) is 1. The minimum atomic E-state index is 0.00435. The lowest BCUT2D eigenvalue weighted by Crippen LogP contribution is -2.50. The van der Waals surface area contributed by atoms with E-state index in [-0.39, 0.29) is 24.1 Å². The number of hydrogen-bond acceptors (Lipinski definition) is 4. The number of carbonyl (C=O) groups is 1. The summed E-state index contributed by atoms with van der Waals surface area (Å²) in [6.07, 6.45) is 4.44. The molecule has 3 fully saturated rings. The van der Waals surface area contributed by atoms with Gasteiger partial charge < -0.3 is 15.4 Å². The summed E-state index contributed by atoms with van der Waals surface area (Å²) in [5.74, 6) is 0.181. The van der Waals surface area contributed by atoms with Crippen LogP contribution in [-0.4, -0.2) is 55.2 Å². The molecule has 0 aliphatic carbocycles. The summed E-state index contributed by atoms with van der Waals surface area (Å²) in [6.45, 7) is 3.58. The predicted molar refractivity (Wildman–Crippen MR) is 92.7 cm³/mol. The summed E-state index contributed by atoms with van der Waals surface area (Å²) in [5, 5.41) is 6.59. The van der Waals surface area contributed by atoms with E-state index < -0.39 is 0 Å². The van der Waals surface area contributed by atoms with E-state index in [4.69, 9.17) is 4.74 Å². The Morgan fingerprint density at radius 2 is 2.08 bits per heavy atom. The van der Waals surface area contributed by atoms with Crippen molar-refractivity contribution in [3.63, 3.8) is 0 Å². The zero-order chi connectivity index (χ0) is 16.4. The van der Waals surface area contributed by atoms with E-state index in [1.165, 1.54) is 12.0 Å². The third-order valence-corrected chi connectivity index (χ3v) is 5.56. The van der Waals surface area contributed by atoms with Crippen LogP contribution in [0.2, 0.25) is 0 Å². The number of fused-ring (bicyclic) bond motifs is 1. The van der Waals surface area contributed by atoms with Crippen LogP contribution in [-0.2, 0) is 9.53 Å². The highest BCUT2D eigenvalue weighted by molar-refractivity contribution is 5.82. The largest absolute Gasteiger partial charge is 0.371 e. The van der Waals surface area contributed by atoms with Gasteiger partial charge in [-0.05, 0) is 31.4 Å². The standard InChI is InChI=1S/C19H27N3O2/c23-19(17-8-4-5-9-20-17)21-15-10-16-13-24-18(12-22(16)11-15)14-6-2-1-3-7-14/h1-3,6-7,15-18,20H,4-5,8-13H2,(H,21,23)/t15-,16+,17+,18-/m1/s1. The van der Waals surface area contributed by atoms with Gasteiger partial charge in [-0.25, -0.2) is 0 Å². The highest BCUT2D eigenvalue weighted by Crippen LogP contribution is 2.30. The van der Waals surface area contributed by atoms with Crippen molar-refractivity contribution in [2.75, 3.05) is 26.2 Å². The van der Waals surface area contributed by atoms with Crippen LogP contribution in [0.3, 0.4) is 0 Å². The highest BCUT2D eigenvalue weighted by Gasteiger charge is 2.38. The zero-order valence-electron chi connectivity index (χ0n) is 14.1. The maximum absolute atomic E-state index is 12.4. The first-order valence-corrected chi connectivity index (χ1v) is 9.24. The number of carbonyl (C=O) groups excluding carboxylic acids is 1. The summed E-state index contributed by atoms with van der Waals surface area (Å²) in [4.78, 5) is 14.9. The number of morpholine rings is 1. The van der Waals surface area contributed by atoms with Crippen molar-refractivity contribution in [3.8, 4) is 0 Å². The molecule has 1 amide bonds. The lowest BCUT2D eigenvalue weighted by Gasteiger charge is -2.35. The normalized spacial score (nSPS) is 33.8. The molecule has 3 aliphatic heterocycles. The fraction of sp³-hybridized carbons (Fsp3) is 0.632. The van der Waals surface area contributed by atoms with Gasteiger partial charge in [-0.15, -0.1) is 0 Å². The van der Waals surface area contributed by atoms with Gasteiger partial charge in [-0.1, -0.05) is 36.8 Å². The molecule has 24 heavy (non-hydrogen) atoms. The van der Waals surface area contributed by atoms with E-state index in [1.807, 2.05) is 6.07 Å². The molecule has 0 unspecified atom stereocenters. The molecule has 4 atom stereocenters. The van der Waals surface area contributed by atoms with Crippen molar-refractivity contribution in [2.45, 2.75) is 49.9 Å². The summed E-state index contributed by atoms with van der Waals surface area (Å²) in [5.41, 5.74) is 1.25. The molecule has 4 rings (SSSR count). The molecular formula is C19H27N3O2. The number of piperidine rings is 1. The fourth-order valence-corrected chi connectivity index (χ4v) is 4.23. The number of rotatable bonds is 3. The number of nitrogens with one attached hydrogen (secondary N) is 2. The monoisotopic (exact) mass is 329 g/mol. The quantitative estimate of drug-likeness (QED) is 0.882. The Hall–Kier alpha value is -1.43. The summed E-state index contributed by atoms with van der Waals surface area (Å²) >= 11 is 0. The van der Waals surface area contributed by atoms with E-state index >= 15 is 0 Å². The Balaban J connectivity index is 1.32. The fourth-order valence-electron chi connectivity index (χ4n) is 4.23. The predicted octanol–water partition coefficient (Wildman–Crippen LogP) is 1.46. The van der Waals surface area contributed by atoms with Crippen LogP contribution in [0.5, 0.6) is 0 Å². The van der Waals surface area contributed by atoms with E-state index in [1.54, 1.807) is 0 Å². The molecule has 3 heterocycles. The highest BCUT2D eigenvalue weighted by atomic mass is 16.5. The second-order valence-electron chi connectivity index (χ2n) is 7.28. The van der Waals surface area contributed by atoms with Gasteiger partial charge >= 0.3 is 0 Å². The molecule has 130 valence electrons. The first-order chi connectivity index (χ1) is 11.8. The molecule has 5 heteroatoms. The molecule has 3 saturated heterocycles. The maximum Gasteiger partial charge on any atom is 0.237 e. The van der Waals surface area contributed by atoms with E-state index in [0.29, 0.717) is 6.04 Å². The van der Waals surface area contributed by atoms with E-state index in [9.17, 15) is 4.79 Å². The van der Waals surface area contributed by atoms with Crippen molar-refractivity contribution in [2.24, 2.45) is 0 Å². The first kappa shape index (κ1) is 16.1.